The molecule has 2 nitrogen and oxygen atoms in total. The van der Waals surface area contributed by atoms with Gasteiger partial charge in [0.25, 0.3) is 0 Å². The third-order valence-electron chi connectivity index (χ3n) is 5.20. The molecule has 0 amide bonds. The molecule has 122 valence electrons. The first-order valence-corrected chi connectivity index (χ1v) is 8.35. The van der Waals surface area contributed by atoms with E-state index in [0.717, 1.165) is 12.0 Å². The molecule has 0 bridgehead atoms. The van der Waals surface area contributed by atoms with E-state index in [4.69, 9.17) is 0 Å². The summed E-state index contributed by atoms with van der Waals surface area (Å²) < 4.78 is 12.9. The van der Waals surface area contributed by atoms with Crippen LogP contribution in [0.25, 0.3) is 0 Å². The van der Waals surface area contributed by atoms with Crippen LogP contribution in [0, 0.1) is 11.7 Å². The predicted molar refractivity (Wildman–Crippen MR) is 91.9 cm³/mol. The molecule has 0 saturated carbocycles. The maximum Gasteiger partial charge on any atom is 0.123 e. The van der Waals surface area contributed by atoms with Crippen molar-refractivity contribution in [3.8, 4) is 0 Å². The molecule has 1 N–H and O–H groups in total. The monoisotopic (exact) mass is 313 g/mol. The maximum absolute atomic E-state index is 12.9. The fraction of sp³-hybridized carbons (Fsp3) is 0.400. The Balaban J connectivity index is 1.56. The second kappa shape index (κ2) is 6.71. The van der Waals surface area contributed by atoms with Gasteiger partial charge in [0, 0.05) is 17.8 Å². The Kier molecular flexibility index (Phi) is 4.67. The molecule has 23 heavy (non-hydrogen) atoms. The number of hydrogen-bond donors (Lipinski definition) is 1. The number of para-hydroxylation sites is 1. The number of aliphatic hydroxyl groups is 1. The largest absolute Gasteiger partial charge is 0.388 e. The molecule has 1 heterocycles. The normalized spacial score (nSPS) is 25.0. The van der Waals surface area contributed by atoms with Crippen molar-refractivity contribution in [2.75, 3.05) is 4.90 Å². The quantitative estimate of drug-likeness (QED) is 0.875. The van der Waals surface area contributed by atoms with Gasteiger partial charge < -0.3 is 10.0 Å². The van der Waals surface area contributed by atoms with E-state index in [1.807, 2.05) is 6.07 Å². The van der Waals surface area contributed by atoms with Crippen molar-refractivity contribution in [1.82, 2.24) is 0 Å². The van der Waals surface area contributed by atoms with E-state index >= 15 is 0 Å². The van der Waals surface area contributed by atoms with Crippen LogP contribution in [0.15, 0.2) is 54.6 Å². The van der Waals surface area contributed by atoms with E-state index in [0.29, 0.717) is 24.4 Å². The van der Waals surface area contributed by atoms with Gasteiger partial charge in [-0.05, 0) is 62.4 Å². The highest BCUT2D eigenvalue weighted by atomic mass is 19.1. The van der Waals surface area contributed by atoms with Gasteiger partial charge in [-0.15, -0.1) is 0 Å². The Morgan fingerprint density at radius 3 is 2.22 bits per heavy atom. The van der Waals surface area contributed by atoms with Crippen molar-refractivity contribution in [3.63, 3.8) is 0 Å². The lowest BCUT2D eigenvalue weighted by molar-refractivity contribution is 0.132. The van der Waals surface area contributed by atoms with Gasteiger partial charge in [-0.2, -0.15) is 0 Å². The molecule has 3 rings (SSSR count). The topological polar surface area (TPSA) is 23.5 Å². The summed E-state index contributed by atoms with van der Waals surface area (Å²) >= 11 is 0. The molecular formula is C20H24FNO. The summed E-state index contributed by atoms with van der Waals surface area (Å²) in [5, 5.41) is 10.3. The Hall–Kier alpha value is -1.87. The van der Waals surface area contributed by atoms with Crippen LogP contribution >= 0.6 is 0 Å². The van der Waals surface area contributed by atoms with Crippen molar-refractivity contribution >= 4 is 5.69 Å². The Bertz CT molecular complexity index is 618. The third kappa shape index (κ3) is 3.25. The number of rotatable bonds is 5. The minimum Gasteiger partial charge on any atom is -0.388 e. The molecule has 1 saturated heterocycles. The zero-order chi connectivity index (χ0) is 16.4. The zero-order valence-electron chi connectivity index (χ0n) is 13.7. The van der Waals surface area contributed by atoms with Crippen molar-refractivity contribution in [2.45, 2.75) is 44.9 Å². The van der Waals surface area contributed by atoms with E-state index < -0.39 is 6.10 Å². The fourth-order valence-electron chi connectivity index (χ4n) is 3.84. The lowest BCUT2D eigenvalue weighted by atomic mass is 9.77. The standard InChI is InChI=1S/C20H24FNO/c1-14-19(15(2)22(14)18-6-4-3-5-7-18)12-13-20(23)16-8-10-17(21)11-9-16/h3-11,14-15,19-20,23H,12-13H2,1-2H3. The van der Waals surface area contributed by atoms with Gasteiger partial charge in [-0.3, -0.25) is 0 Å². The zero-order valence-corrected chi connectivity index (χ0v) is 13.7. The van der Waals surface area contributed by atoms with Gasteiger partial charge in [0.1, 0.15) is 5.82 Å². The highest BCUT2D eigenvalue weighted by molar-refractivity contribution is 5.51. The summed E-state index contributed by atoms with van der Waals surface area (Å²) in [6, 6.07) is 17.6. The number of anilines is 1. The Morgan fingerprint density at radius 2 is 1.61 bits per heavy atom. The second-order valence-electron chi connectivity index (χ2n) is 6.53. The minimum absolute atomic E-state index is 0.263. The van der Waals surface area contributed by atoms with Gasteiger partial charge in [0.05, 0.1) is 6.10 Å². The summed E-state index contributed by atoms with van der Waals surface area (Å²) in [6.07, 6.45) is 1.18. The molecule has 0 radical (unpaired) electrons. The van der Waals surface area contributed by atoms with E-state index in [1.165, 1.54) is 17.8 Å². The number of aliphatic hydroxyl groups excluding tert-OH is 1. The summed E-state index contributed by atoms with van der Waals surface area (Å²) in [7, 11) is 0. The summed E-state index contributed by atoms with van der Waals surface area (Å²) in [5.74, 6) is 0.311. The first kappa shape index (κ1) is 16.0. The van der Waals surface area contributed by atoms with Crippen LogP contribution in [-0.2, 0) is 0 Å². The lowest BCUT2D eigenvalue weighted by Gasteiger charge is -2.54. The smallest absolute Gasteiger partial charge is 0.123 e. The average molecular weight is 313 g/mol. The van der Waals surface area contributed by atoms with E-state index in [9.17, 15) is 9.50 Å². The predicted octanol–water partition coefficient (Wildman–Crippen LogP) is 4.55. The molecule has 3 heteroatoms. The van der Waals surface area contributed by atoms with Crippen molar-refractivity contribution in [1.29, 1.82) is 0 Å². The summed E-state index contributed by atoms with van der Waals surface area (Å²) in [5.41, 5.74) is 2.06. The summed E-state index contributed by atoms with van der Waals surface area (Å²) in [6.45, 7) is 4.50. The molecule has 3 atom stereocenters. The van der Waals surface area contributed by atoms with Gasteiger partial charge >= 0.3 is 0 Å². The van der Waals surface area contributed by atoms with Crippen molar-refractivity contribution in [3.05, 3.63) is 66.0 Å². The molecule has 2 aromatic carbocycles. The molecule has 1 fully saturated rings. The second-order valence-corrected chi connectivity index (χ2v) is 6.53. The van der Waals surface area contributed by atoms with E-state index in [1.54, 1.807) is 12.1 Å². The van der Waals surface area contributed by atoms with Crippen LogP contribution in [0.3, 0.4) is 0 Å². The van der Waals surface area contributed by atoms with Crippen LogP contribution in [-0.4, -0.2) is 17.2 Å². The molecule has 2 aromatic rings. The molecular weight excluding hydrogens is 289 g/mol. The first-order chi connectivity index (χ1) is 11.1. The van der Waals surface area contributed by atoms with Gasteiger partial charge in [0.2, 0.25) is 0 Å². The van der Waals surface area contributed by atoms with Crippen LogP contribution in [0.4, 0.5) is 10.1 Å². The highest BCUT2D eigenvalue weighted by Crippen LogP contribution is 2.40. The Labute approximate surface area is 137 Å². The van der Waals surface area contributed by atoms with E-state index in [2.05, 4.69) is 43.0 Å². The first-order valence-electron chi connectivity index (χ1n) is 8.35. The molecule has 1 aliphatic rings. The van der Waals surface area contributed by atoms with E-state index in [-0.39, 0.29) is 5.82 Å². The molecule has 0 aromatic heterocycles. The maximum atomic E-state index is 12.9. The van der Waals surface area contributed by atoms with Crippen LogP contribution in [0.5, 0.6) is 0 Å². The van der Waals surface area contributed by atoms with Crippen molar-refractivity contribution in [2.24, 2.45) is 5.92 Å². The molecule has 3 unspecified atom stereocenters. The number of halogens is 1. The number of benzene rings is 2. The SMILES string of the molecule is CC1C(CCC(O)c2ccc(F)cc2)C(C)N1c1ccccc1. The highest BCUT2D eigenvalue weighted by Gasteiger charge is 2.42. The molecule has 1 aliphatic heterocycles. The van der Waals surface area contributed by atoms with Gasteiger partial charge in [0.15, 0.2) is 0 Å². The van der Waals surface area contributed by atoms with Crippen LogP contribution in [0.1, 0.15) is 38.4 Å². The van der Waals surface area contributed by atoms with Crippen molar-refractivity contribution < 1.29 is 9.50 Å². The Morgan fingerprint density at radius 1 is 1.00 bits per heavy atom. The number of nitrogens with zero attached hydrogens (tertiary/aromatic N) is 1. The average Bonchev–Trinajstić information content (AvgIpc) is 2.56. The van der Waals surface area contributed by atoms with Gasteiger partial charge in [-0.1, -0.05) is 30.3 Å². The number of hydrogen-bond acceptors (Lipinski definition) is 2. The molecule has 0 aliphatic carbocycles. The fourth-order valence-corrected chi connectivity index (χ4v) is 3.84. The third-order valence-corrected chi connectivity index (χ3v) is 5.20. The van der Waals surface area contributed by atoms with Crippen LogP contribution < -0.4 is 4.90 Å². The van der Waals surface area contributed by atoms with Crippen LogP contribution in [0.2, 0.25) is 0 Å². The summed E-state index contributed by atoms with van der Waals surface area (Å²) in [4.78, 5) is 2.44. The molecule has 0 spiro atoms. The van der Waals surface area contributed by atoms with Gasteiger partial charge in [-0.25, -0.2) is 4.39 Å². The minimum atomic E-state index is -0.513. The lowest BCUT2D eigenvalue weighted by Crippen LogP contribution is -2.61.